The molecule has 0 aliphatic heterocycles. The van der Waals surface area contributed by atoms with Crippen molar-refractivity contribution in [2.24, 2.45) is 0 Å². The monoisotopic (exact) mass is 992 g/mol. The minimum absolute atomic E-state index is 0.0401. The number of rotatable bonds is 8. The first kappa shape index (κ1) is 32.0. The van der Waals surface area contributed by atoms with Crippen molar-refractivity contribution in [2.45, 2.75) is 25.0 Å². The number of halogens is 4. The summed E-state index contributed by atoms with van der Waals surface area (Å²) in [6.07, 6.45) is 0.985. The van der Waals surface area contributed by atoms with E-state index in [0.717, 1.165) is 40.4 Å². The minimum atomic E-state index is -0.600. The molecule has 0 aliphatic carbocycles. The summed E-state index contributed by atoms with van der Waals surface area (Å²) >= 11 is 21.3. The van der Waals surface area contributed by atoms with Gasteiger partial charge in [0.25, 0.3) is 0 Å². The van der Waals surface area contributed by atoms with Gasteiger partial charge in [-0.05, 0) is 0 Å². The predicted octanol–water partition coefficient (Wildman–Crippen LogP) is 10.1. The van der Waals surface area contributed by atoms with Crippen molar-refractivity contribution in [3.63, 3.8) is 0 Å². The van der Waals surface area contributed by atoms with Crippen molar-refractivity contribution in [1.29, 1.82) is 0 Å². The summed E-state index contributed by atoms with van der Waals surface area (Å²) in [6, 6.07) is 16.8. The maximum atomic E-state index is 10.5. The third-order valence-electron chi connectivity index (χ3n) is 5.90. The van der Waals surface area contributed by atoms with Gasteiger partial charge in [0.15, 0.2) is 0 Å². The van der Waals surface area contributed by atoms with Crippen LogP contribution in [0.25, 0.3) is 0 Å². The fraction of sp³-hybridized carbons (Fsp3) is 0.143. The Kier molecular flexibility index (Phi) is 12.1. The number of hydrogen-bond acceptors (Lipinski definition) is 6. The van der Waals surface area contributed by atoms with Gasteiger partial charge in [-0.2, -0.15) is 0 Å². The van der Waals surface area contributed by atoms with Gasteiger partial charge < -0.3 is 0 Å². The molecule has 0 spiro atoms. The summed E-state index contributed by atoms with van der Waals surface area (Å²) in [7, 11) is 0. The molecule has 12 heteroatoms. The molecular formula is C28H20Br4O2S4Se2. The average molecular weight is 994 g/mol. The van der Waals surface area contributed by atoms with Gasteiger partial charge in [0.1, 0.15) is 0 Å². The predicted molar refractivity (Wildman–Crippen MR) is 189 cm³/mol. The van der Waals surface area contributed by atoms with E-state index in [0.29, 0.717) is 14.5 Å². The fourth-order valence-electron chi connectivity index (χ4n) is 3.85. The van der Waals surface area contributed by atoms with Crippen LogP contribution in [0.15, 0.2) is 85.2 Å². The molecule has 208 valence electrons. The third kappa shape index (κ3) is 8.02. The zero-order valence-corrected chi connectivity index (χ0v) is 33.4. The van der Waals surface area contributed by atoms with Crippen molar-refractivity contribution in [1.82, 2.24) is 0 Å². The molecule has 0 saturated heterocycles. The molecule has 2 unspecified atom stereocenters. The topological polar surface area (TPSA) is 40.5 Å². The van der Waals surface area contributed by atoms with E-state index in [9.17, 15) is 10.2 Å². The molecule has 2 nitrogen and oxygen atoms in total. The van der Waals surface area contributed by atoms with E-state index < -0.39 is 12.2 Å². The SMILES string of the molecule is Brc1sccc1Cc1ccc(Cc2ccsc2Br)[se]1.OC(c1ccc(C(O)c2ccsc2Br)[se]1)c1ccsc1Br. The van der Waals surface area contributed by atoms with Gasteiger partial charge in [0, 0.05) is 0 Å². The van der Waals surface area contributed by atoms with Crippen molar-refractivity contribution < 1.29 is 10.2 Å². The van der Waals surface area contributed by atoms with Crippen molar-refractivity contribution in [2.75, 3.05) is 0 Å². The fourth-order valence-corrected chi connectivity index (χ4v) is 13.3. The zero-order chi connectivity index (χ0) is 28.2. The van der Waals surface area contributed by atoms with Gasteiger partial charge >= 0.3 is 299 Å². The molecule has 0 bridgehead atoms. The Hall–Kier alpha value is 0.639. The molecular weight excluding hydrogens is 974 g/mol. The van der Waals surface area contributed by atoms with E-state index in [1.807, 2.05) is 35.0 Å². The van der Waals surface area contributed by atoms with Crippen LogP contribution in [0.3, 0.4) is 0 Å². The van der Waals surface area contributed by atoms with E-state index in [4.69, 9.17) is 0 Å². The molecule has 2 atom stereocenters. The Labute approximate surface area is 294 Å². The van der Waals surface area contributed by atoms with Crippen molar-refractivity contribution >= 4 is 138 Å². The van der Waals surface area contributed by atoms with Crippen LogP contribution in [0.1, 0.15) is 52.2 Å². The van der Waals surface area contributed by atoms with Gasteiger partial charge in [-0.1, -0.05) is 0 Å². The van der Waals surface area contributed by atoms with Gasteiger partial charge in [-0.25, -0.2) is 0 Å². The van der Waals surface area contributed by atoms with E-state index in [2.05, 4.69) is 98.7 Å². The van der Waals surface area contributed by atoms with Crippen LogP contribution < -0.4 is 0 Å². The van der Waals surface area contributed by atoms with Gasteiger partial charge in [0.2, 0.25) is 0 Å². The summed E-state index contributed by atoms with van der Waals surface area (Å²) in [5.74, 6) is 0. The molecule has 6 rings (SSSR count). The Morgan fingerprint density at radius 1 is 0.525 bits per heavy atom. The first-order chi connectivity index (χ1) is 19.3. The molecule has 2 N–H and O–H groups in total. The summed E-state index contributed by atoms with van der Waals surface area (Å²) in [5, 5.41) is 29.2. The molecule has 40 heavy (non-hydrogen) atoms. The molecule has 0 saturated carbocycles. The van der Waals surface area contributed by atoms with Crippen LogP contribution in [0.2, 0.25) is 0 Å². The Bertz CT molecular complexity index is 1560. The van der Waals surface area contributed by atoms with Crippen LogP contribution in [0.5, 0.6) is 0 Å². The summed E-state index contributed by atoms with van der Waals surface area (Å²) < 4.78 is 9.57. The summed E-state index contributed by atoms with van der Waals surface area (Å²) in [4.78, 5) is 0. The third-order valence-corrected chi connectivity index (χ3v) is 17.8. The van der Waals surface area contributed by atoms with Gasteiger partial charge in [-0.15, -0.1) is 0 Å². The number of aliphatic hydroxyl groups excluding tert-OH is 2. The molecule has 0 amide bonds. The molecule has 0 fully saturated rings. The maximum absolute atomic E-state index is 10.5. The second-order valence-corrected chi connectivity index (χ2v) is 22.5. The Morgan fingerprint density at radius 2 is 0.925 bits per heavy atom. The van der Waals surface area contributed by atoms with Crippen molar-refractivity contribution in [3.8, 4) is 0 Å². The first-order valence-corrected chi connectivity index (χ1v) is 21.8. The van der Waals surface area contributed by atoms with Crippen LogP contribution in [0, 0.1) is 0 Å². The Balaban J connectivity index is 0.000000162. The second kappa shape index (κ2) is 15.1. The van der Waals surface area contributed by atoms with Crippen LogP contribution in [-0.4, -0.2) is 39.2 Å². The quantitative estimate of drug-likeness (QED) is 0.149. The summed E-state index contributed by atoms with van der Waals surface area (Å²) in [6.45, 7) is 0. The number of thiophene rings is 4. The zero-order valence-electron chi connectivity index (χ0n) is 20.4. The summed E-state index contributed by atoms with van der Waals surface area (Å²) in [5.41, 5.74) is 4.64. The van der Waals surface area contributed by atoms with E-state index in [1.54, 1.807) is 54.2 Å². The molecule has 0 aliphatic rings. The van der Waals surface area contributed by atoms with Crippen LogP contribution in [-0.2, 0) is 12.8 Å². The Morgan fingerprint density at radius 3 is 1.27 bits per heavy atom. The van der Waals surface area contributed by atoms with E-state index in [1.165, 1.54) is 18.7 Å². The molecule has 0 aromatic carbocycles. The molecule has 6 aromatic heterocycles. The molecule has 6 aromatic rings. The van der Waals surface area contributed by atoms with Crippen molar-refractivity contribution in [3.05, 3.63) is 125 Å². The second-order valence-electron chi connectivity index (χ2n) is 8.51. The van der Waals surface area contributed by atoms with Crippen LogP contribution in [0.4, 0.5) is 0 Å². The standard InChI is InChI=1S/C14H10Br2O2S2Se.C14H10Br2S2Se/c15-13-7(3-5-19-13)11(17)9-1-2-10(21-9)12(18)8-4-6-20-14(8)16;15-13-9(3-5-17-13)7-11-1-2-12(19-11)8-10-4-6-18-14(10)16/h1-6,11-12,17-18H;1-6H,7-8H2. The van der Waals surface area contributed by atoms with E-state index >= 15 is 0 Å². The number of aliphatic hydroxyl groups is 2. The number of hydrogen-bond donors (Lipinski definition) is 2. The molecule has 6 heterocycles. The first-order valence-electron chi connectivity index (χ1n) is 11.7. The van der Waals surface area contributed by atoms with Gasteiger partial charge in [-0.3, -0.25) is 0 Å². The normalized spacial score (nSPS) is 12.8. The van der Waals surface area contributed by atoms with Gasteiger partial charge in [0.05, 0.1) is 0 Å². The average Bonchev–Trinajstić information content (AvgIpc) is 3.76. The van der Waals surface area contributed by atoms with E-state index in [-0.39, 0.29) is 14.5 Å². The van der Waals surface area contributed by atoms with Crippen LogP contribution >= 0.6 is 109 Å². The molecule has 0 radical (unpaired) electrons.